The number of nitrogens with zero attached hydrogens (tertiary/aromatic N) is 2. The lowest BCUT2D eigenvalue weighted by Crippen LogP contribution is -2.91. The first kappa shape index (κ1) is 20.9. The number of nitrogens with one attached hydrogen (secondary N) is 1. The van der Waals surface area contributed by atoms with Gasteiger partial charge in [0.05, 0.1) is 24.3 Å². The number of ether oxygens (including phenoxy) is 1. The molecule has 1 amide bonds. The van der Waals surface area contributed by atoms with Crippen molar-refractivity contribution in [3.63, 3.8) is 0 Å². The second-order valence-corrected chi connectivity index (χ2v) is 8.38. The van der Waals surface area contributed by atoms with Crippen molar-refractivity contribution in [2.75, 3.05) is 18.5 Å². The Morgan fingerprint density at radius 3 is 2.54 bits per heavy atom. The number of nitrogens with two attached hydrogens (primary N) is 1. The largest absolute Gasteiger partial charge is 0.376 e. The average molecular weight is 388 g/mol. The van der Waals surface area contributed by atoms with Crippen LogP contribution in [-0.2, 0) is 16.1 Å². The zero-order valence-corrected chi connectivity index (χ0v) is 17.4. The van der Waals surface area contributed by atoms with E-state index in [1.54, 1.807) is 0 Å². The highest BCUT2D eigenvalue weighted by molar-refractivity contribution is 5.92. The van der Waals surface area contributed by atoms with Crippen molar-refractivity contribution < 1.29 is 14.8 Å². The summed E-state index contributed by atoms with van der Waals surface area (Å²) in [7, 11) is 0. The van der Waals surface area contributed by atoms with Crippen LogP contribution in [0.3, 0.4) is 0 Å². The molecule has 1 aromatic rings. The number of rotatable bonds is 6. The number of nitriles is 1. The molecule has 0 aromatic carbocycles. The van der Waals surface area contributed by atoms with Gasteiger partial charge in [-0.05, 0) is 57.9 Å². The third-order valence-electron chi connectivity index (χ3n) is 6.40. The molecule has 1 aliphatic carbocycles. The minimum atomic E-state index is -0.0235. The van der Waals surface area contributed by atoms with Crippen molar-refractivity contribution in [2.24, 2.45) is 0 Å². The van der Waals surface area contributed by atoms with E-state index < -0.39 is 0 Å². The molecule has 1 saturated heterocycles. The molecule has 1 aromatic heterocycles. The smallest absolute Gasteiger partial charge is 0.280 e. The van der Waals surface area contributed by atoms with Crippen LogP contribution in [-0.4, -0.2) is 35.8 Å². The number of hydrogen-bond acceptors (Lipinski definition) is 3. The van der Waals surface area contributed by atoms with E-state index in [1.165, 1.54) is 44.9 Å². The highest BCUT2D eigenvalue weighted by Gasteiger charge is 2.24. The SMILES string of the molecule is Cc1c(C#N)c(NC(=O)C[NH2+]C2CCCCCCC2)n(C[C@H]2CCCO2)c1C. The molecule has 6 heteroatoms. The molecular formula is C22H35N4O2+. The second kappa shape index (κ2) is 10.1. The molecule has 3 rings (SSSR count). The van der Waals surface area contributed by atoms with Crippen LogP contribution in [0.4, 0.5) is 5.82 Å². The van der Waals surface area contributed by atoms with Crippen LogP contribution in [0.2, 0.25) is 0 Å². The molecule has 3 N–H and O–H groups in total. The molecule has 154 valence electrons. The number of carbonyl (C=O) groups is 1. The second-order valence-electron chi connectivity index (χ2n) is 8.38. The van der Waals surface area contributed by atoms with Crippen LogP contribution in [0.15, 0.2) is 0 Å². The van der Waals surface area contributed by atoms with E-state index >= 15 is 0 Å². The third kappa shape index (κ3) is 5.15. The summed E-state index contributed by atoms with van der Waals surface area (Å²) in [5, 5.41) is 14.9. The van der Waals surface area contributed by atoms with Gasteiger partial charge in [-0.3, -0.25) is 4.79 Å². The topological polar surface area (TPSA) is 83.7 Å². The predicted molar refractivity (Wildman–Crippen MR) is 109 cm³/mol. The zero-order chi connectivity index (χ0) is 19.9. The van der Waals surface area contributed by atoms with Gasteiger partial charge in [0.1, 0.15) is 11.9 Å². The summed E-state index contributed by atoms with van der Waals surface area (Å²) in [6.45, 7) is 5.87. The van der Waals surface area contributed by atoms with Crippen molar-refractivity contribution in [1.29, 1.82) is 5.26 Å². The Labute approximate surface area is 168 Å². The third-order valence-corrected chi connectivity index (χ3v) is 6.40. The summed E-state index contributed by atoms with van der Waals surface area (Å²) < 4.78 is 7.85. The molecule has 0 spiro atoms. The van der Waals surface area contributed by atoms with E-state index in [9.17, 15) is 10.1 Å². The van der Waals surface area contributed by atoms with Gasteiger partial charge in [-0.2, -0.15) is 5.26 Å². The van der Waals surface area contributed by atoms with Crippen molar-refractivity contribution in [3.05, 3.63) is 16.8 Å². The first-order valence-corrected chi connectivity index (χ1v) is 10.9. The molecule has 2 heterocycles. The Balaban J connectivity index is 1.65. The van der Waals surface area contributed by atoms with Crippen molar-refractivity contribution >= 4 is 11.7 Å². The maximum absolute atomic E-state index is 12.7. The Bertz CT molecular complexity index is 705. The van der Waals surface area contributed by atoms with Gasteiger partial charge in [0.25, 0.3) is 5.91 Å². The Morgan fingerprint density at radius 1 is 1.18 bits per heavy atom. The molecule has 6 nitrogen and oxygen atoms in total. The molecule has 2 aliphatic rings. The summed E-state index contributed by atoms with van der Waals surface area (Å²) in [6.07, 6.45) is 11.2. The van der Waals surface area contributed by atoms with E-state index in [0.29, 0.717) is 30.5 Å². The number of aromatic nitrogens is 1. The summed E-state index contributed by atoms with van der Waals surface area (Å²) in [6, 6.07) is 2.83. The zero-order valence-electron chi connectivity index (χ0n) is 17.4. The highest BCUT2D eigenvalue weighted by atomic mass is 16.5. The van der Waals surface area contributed by atoms with Gasteiger partial charge in [0.15, 0.2) is 6.54 Å². The molecule has 2 fully saturated rings. The predicted octanol–water partition coefficient (Wildman–Crippen LogP) is 2.77. The minimum absolute atomic E-state index is 0.0235. The fraction of sp³-hybridized carbons (Fsp3) is 0.727. The van der Waals surface area contributed by atoms with Crippen LogP contribution < -0.4 is 10.6 Å². The van der Waals surface area contributed by atoms with Crippen molar-refractivity contribution in [1.82, 2.24) is 4.57 Å². The van der Waals surface area contributed by atoms with Crippen molar-refractivity contribution in [3.8, 4) is 6.07 Å². The Kier molecular flexibility index (Phi) is 7.52. The van der Waals surface area contributed by atoms with Crippen LogP contribution >= 0.6 is 0 Å². The lowest BCUT2D eigenvalue weighted by atomic mass is 9.97. The molecular weight excluding hydrogens is 352 g/mol. The summed E-state index contributed by atoms with van der Waals surface area (Å²) in [5.74, 6) is 0.619. The molecule has 0 radical (unpaired) electrons. The Hall–Kier alpha value is -1.84. The van der Waals surface area contributed by atoms with Crippen molar-refractivity contribution in [2.45, 2.75) is 90.3 Å². The summed E-state index contributed by atoms with van der Waals surface area (Å²) >= 11 is 0. The molecule has 1 aliphatic heterocycles. The van der Waals surface area contributed by atoms with Crippen LogP contribution in [0.25, 0.3) is 0 Å². The van der Waals surface area contributed by atoms with Gasteiger partial charge in [0.2, 0.25) is 0 Å². The molecule has 1 atom stereocenters. The first-order chi connectivity index (χ1) is 13.6. The van der Waals surface area contributed by atoms with Gasteiger partial charge in [-0.15, -0.1) is 0 Å². The maximum Gasteiger partial charge on any atom is 0.280 e. The van der Waals surface area contributed by atoms with Gasteiger partial charge in [0, 0.05) is 12.3 Å². The lowest BCUT2D eigenvalue weighted by molar-refractivity contribution is -0.680. The van der Waals surface area contributed by atoms with Crippen LogP contribution in [0.5, 0.6) is 0 Å². The number of quaternary nitrogens is 1. The van der Waals surface area contributed by atoms with Crippen LogP contribution in [0, 0.1) is 25.2 Å². The fourth-order valence-corrected chi connectivity index (χ4v) is 4.53. The Morgan fingerprint density at radius 2 is 1.89 bits per heavy atom. The molecule has 0 unspecified atom stereocenters. The van der Waals surface area contributed by atoms with Crippen LogP contribution in [0.1, 0.15) is 74.6 Å². The number of carbonyl (C=O) groups excluding carboxylic acids is 1. The number of anilines is 1. The standard InChI is InChI=1S/C22H34N4O2/c1-16-17(2)26(15-19-11-8-12-28-19)22(20(16)13-23)25-21(27)14-24-18-9-6-4-3-5-7-10-18/h18-19,24H,3-12,14-15H2,1-2H3,(H,25,27)/p+1/t19-/m1/s1. The van der Waals surface area contributed by atoms with E-state index in [2.05, 4.69) is 21.3 Å². The van der Waals surface area contributed by atoms with Gasteiger partial charge < -0.3 is 19.9 Å². The summed E-state index contributed by atoms with van der Waals surface area (Å²) in [4.78, 5) is 12.7. The first-order valence-electron chi connectivity index (χ1n) is 10.9. The minimum Gasteiger partial charge on any atom is -0.376 e. The highest BCUT2D eigenvalue weighted by Crippen LogP contribution is 2.28. The molecule has 28 heavy (non-hydrogen) atoms. The van der Waals surface area contributed by atoms with E-state index in [0.717, 1.165) is 30.7 Å². The number of amides is 1. The van der Waals surface area contributed by atoms with E-state index in [-0.39, 0.29) is 12.0 Å². The van der Waals surface area contributed by atoms with E-state index in [1.807, 2.05) is 13.8 Å². The van der Waals surface area contributed by atoms with E-state index in [4.69, 9.17) is 4.74 Å². The van der Waals surface area contributed by atoms with Gasteiger partial charge >= 0.3 is 0 Å². The average Bonchev–Trinajstić information content (AvgIpc) is 3.24. The molecule has 0 bridgehead atoms. The van der Waals surface area contributed by atoms with Gasteiger partial charge in [-0.1, -0.05) is 19.3 Å². The lowest BCUT2D eigenvalue weighted by Gasteiger charge is -2.19. The summed E-state index contributed by atoms with van der Waals surface area (Å²) in [5.41, 5.74) is 2.56. The maximum atomic E-state index is 12.7. The number of hydrogen-bond donors (Lipinski definition) is 2. The van der Waals surface area contributed by atoms with Gasteiger partial charge in [-0.25, -0.2) is 0 Å². The normalized spacial score (nSPS) is 21.1. The molecule has 1 saturated carbocycles. The quantitative estimate of drug-likeness (QED) is 0.787. The monoisotopic (exact) mass is 387 g/mol. The fourth-order valence-electron chi connectivity index (χ4n) is 4.53.